The van der Waals surface area contributed by atoms with Crippen molar-refractivity contribution in [3.05, 3.63) is 44.4 Å². The first-order chi connectivity index (χ1) is 13.3. The molecule has 0 aromatic rings. The summed E-state index contributed by atoms with van der Waals surface area (Å²) in [5, 5.41) is 0. The molecule has 4 heteroatoms. The fraction of sp³-hybridized carbons (Fsp3) is 0.692. The second-order valence-electron chi connectivity index (χ2n) is 10.7. The van der Waals surface area contributed by atoms with Crippen LogP contribution in [-0.4, -0.2) is 8.07 Å². The predicted molar refractivity (Wildman–Crippen MR) is 122 cm³/mol. The molecule has 1 heterocycles. The molecule has 1 saturated carbocycles. The zero-order valence-electron chi connectivity index (χ0n) is 19.9. The van der Waals surface area contributed by atoms with Gasteiger partial charge in [0.15, 0.2) is 0 Å². The van der Waals surface area contributed by atoms with Crippen LogP contribution in [0, 0.1) is 11.3 Å². The van der Waals surface area contributed by atoms with Gasteiger partial charge >= 0.3 is 185 Å². The van der Waals surface area contributed by atoms with Crippen molar-refractivity contribution in [2.45, 2.75) is 102 Å². The number of allylic oxidation sites excluding steroid dienone is 8. The summed E-state index contributed by atoms with van der Waals surface area (Å²) in [6.45, 7) is 14.7. The van der Waals surface area contributed by atoms with Crippen molar-refractivity contribution < 1.29 is 44.0 Å². The molecule has 0 aromatic carbocycles. The van der Waals surface area contributed by atoms with Gasteiger partial charge in [-0.3, -0.25) is 0 Å². The van der Waals surface area contributed by atoms with Gasteiger partial charge in [0.2, 0.25) is 0 Å². The first-order valence-corrected chi connectivity index (χ1v) is 16.2. The fourth-order valence-electron chi connectivity index (χ4n) is 6.83. The normalized spacial score (nSPS) is 30.7. The molecule has 0 nitrogen and oxygen atoms in total. The molecule has 0 aromatic heterocycles. The molecule has 0 radical (unpaired) electrons. The maximum absolute atomic E-state index is 2.60. The minimum atomic E-state index is -1.08. The van der Waals surface area contributed by atoms with Crippen molar-refractivity contribution in [1.29, 1.82) is 0 Å². The van der Waals surface area contributed by atoms with Gasteiger partial charge in [-0.2, -0.15) is 0 Å². The van der Waals surface area contributed by atoms with Crippen LogP contribution in [0.1, 0.15) is 73.6 Å². The van der Waals surface area contributed by atoms with Crippen LogP contribution in [-0.2, 0) is 19.2 Å². The molecule has 30 heavy (non-hydrogen) atoms. The van der Waals surface area contributed by atoms with E-state index >= 15 is 0 Å². The predicted octanol–water partition coefficient (Wildman–Crippen LogP) is 2.44. The molecule has 3 aliphatic carbocycles. The monoisotopic (exact) mass is 498 g/mol. The fourth-order valence-corrected chi connectivity index (χ4v) is 17.9. The van der Waals surface area contributed by atoms with Gasteiger partial charge < -0.3 is 24.8 Å². The van der Waals surface area contributed by atoms with Crippen molar-refractivity contribution in [1.82, 2.24) is 0 Å². The maximum atomic E-state index is 2.60. The summed E-state index contributed by atoms with van der Waals surface area (Å²) in [4.78, 5) is 0. The minimum absolute atomic E-state index is 0. The SMILES string of the molecule is CCCC[Si]1(C2C3=CC=CCC3C[CH]2[Ti+2][C]2=C(C)C(C)=C(C)C2(C)C)CCC1.[Cl-].[Cl-]. The van der Waals surface area contributed by atoms with E-state index in [9.17, 15) is 0 Å². The molecule has 0 amide bonds. The molecule has 166 valence electrons. The van der Waals surface area contributed by atoms with Crippen molar-refractivity contribution >= 4 is 8.07 Å². The second-order valence-corrected chi connectivity index (χ2v) is 17.9. The van der Waals surface area contributed by atoms with Crippen LogP contribution in [0.3, 0.4) is 0 Å². The van der Waals surface area contributed by atoms with Gasteiger partial charge in [-0.1, -0.05) is 0 Å². The van der Waals surface area contributed by atoms with E-state index in [0.717, 1.165) is 15.7 Å². The Kier molecular flexibility index (Phi) is 9.06. The molecule has 2 fully saturated rings. The third-order valence-electron chi connectivity index (χ3n) is 9.05. The molecule has 3 unspecified atom stereocenters. The quantitative estimate of drug-likeness (QED) is 0.493. The first kappa shape index (κ1) is 26.7. The van der Waals surface area contributed by atoms with Crippen molar-refractivity contribution in [3.8, 4) is 0 Å². The van der Waals surface area contributed by atoms with Gasteiger partial charge in [0.1, 0.15) is 0 Å². The summed E-state index contributed by atoms with van der Waals surface area (Å²) in [5.41, 5.74) is 8.25. The molecule has 3 atom stereocenters. The number of hydrogen-bond acceptors (Lipinski definition) is 0. The topological polar surface area (TPSA) is 0 Å². The molecular weight excluding hydrogens is 459 g/mol. The third-order valence-corrected chi connectivity index (χ3v) is 19.1. The Bertz CT molecular complexity index is 770. The Labute approximate surface area is 208 Å². The van der Waals surface area contributed by atoms with Crippen LogP contribution in [0.25, 0.3) is 0 Å². The van der Waals surface area contributed by atoms with Crippen molar-refractivity contribution in [3.63, 3.8) is 0 Å². The van der Waals surface area contributed by atoms with E-state index < -0.39 is 8.07 Å². The second kappa shape index (κ2) is 10.2. The number of unbranched alkanes of at least 4 members (excludes halogenated alkanes) is 1. The van der Waals surface area contributed by atoms with Crippen LogP contribution < -0.4 is 24.8 Å². The first-order valence-electron chi connectivity index (χ1n) is 11.8. The van der Waals surface area contributed by atoms with Gasteiger partial charge in [-0.25, -0.2) is 0 Å². The molecule has 0 bridgehead atoms. The summed E-state index contributed by atoms with van der Waals surface area (Å²) in [5.74, 6) is 0.899. The molecule has 4 rings (SSSR count). The van der Waals surface area contributed by atoms with Crippen LogP contribution >= 0.6 is 0 Å². The summed E-state index contributed by atoms with van der Waals surface area (Å²) in [6.07, 6.45) is 14.7. The zero-order chi connectivity index (χ0) is 20.1. The minimum Gasteiger partial charge on any atom is -1.00 e. The molecule has 0 N–H and O–H groups in total. The Morgan fingerprint density at radius 3 is 2.33 bits per heavy atom. The van der Waals surface area contributed by atoms with Gasteiger partial charge in [0.25, 0.3) is 0 Å². The van der Waals surface area contributed by atoms with Gasteiger partial charge in [0.05, 0.1) is 0 Å². The van der Waals surface area contributed by atoms with E-state index in [4.69, 9.17) is 0 Å². The summed E-state index contributed by atoms with van der Waals surface area (Å²) in [7, 11) is -1.08. The molecule has 1 saturated heterocycles. The molecule has 4 aliphatic rings. The Morgan fingerprint density at radius 2 is 1.80 bits per heavy atom. The summed E-state index contributed by atoms with van der Waals surface area (Å²) < 4.78 is 2.95. The van der Waals surface area contributed by atoms with E-state index in [1.807, 2.05) is 9.45 Å². The average molecular weight is 499 g/mol. The van der Waals surface area contributed by atoms with Crippen LogP contribution in [0.4, 0.5) is 0 Å². The summed E-state index contributed by atoms with van der Waals surface area (Å²) >= 11 is -0.0678. The standard InChI is InChI=1S/C16H25Si.C10H15.2ClH.Ti/c1-2-3-11-17(12-6-13-17)16-10-9-14-7-4-5-8-15(14)16;1-7-6-10(4,5)9(3)8(7)2;;;/h4-5,8,10,14,16H,2-3,6-7,9,11-13H2,1H3;1-5H3;2*1H;/q;;;;+2/p-2. The smallest absolute Gasteiger partial charge is 1.00 e. The molecule has 1 aliphatic heterocycles. The van der Waals surface area contributed by atoms with Gasteiger partial charge in [-0.05, 0) is 0 Å². The van der Waals surface area contributed by atoms with Gasteiger partial charge in [0, 0.05) is 0 Å². The Hall–Kier alpha value is 0.471. The summed E-state index contributed by atoms with van der Waals surface area (Å²) in [6, 6.07) is 4.92. The zero-order valence-corrected chi connectivity index (χ0v) is 24.0. The number of rotatable bonds is 6. The van der Waals surface area contributed by atoms with E-state index in [1.165, 1.54) is 25.7 Å². The Morgan fingerprint density at radius 1 is 1.10 bits per heavy atom. The molecule has 0 spiro atoms. The maximum Gasteiger partial charge on any atom is -1.00 e. The van der Waals surface area contributed by atoms with Crippen molar-refractivity contribution in [2.75, 3.05) is 0 Å². The van der Waals surface area contributed by atoms with E-state index in [2.05, 4.69) is 59.8 Å². The van der Waals surface area contributed by atoms with Gasteiger partial charge in [-0.15, -0.1) is 0 Å². The third kappa shape index (κ3) is 4.33. The molecular formula is C26H40Cl2SiTi. The number of halogens is 2. The van der Waals surface area contributed by atoms with E-state index in [-0.39, 0.29) is 44.0 Å². The van der Waals surface area contributed by atoms with E-state index in [1.54, 1.807) is 41.3 Å². The van der Waals surface area contributed by atoms with E-state index in [0.29, 0.717) is 5.41 Å². The average Bonchev–Trinajstić information content (AvgIpc) is 3.07. The van der Waals surface area contributed by atoms with Crippen LogP contribution in [0.5, 0.6) is 0 Å². The van der Waals surface area contributed by atoms with Crippen LogP contribution in [0.2, 0.25) is 27.9 Å². The number of fused-ring (bicyclic) bond motifs is 1. The van der Waals surface area contributed by atoms with Crippen molar-refractivity contribution in [2.24, 2.45) is 11.3 Å². The largest absolute Gasteiger partial charge is 1.00 e. The Balaban J connectivity index is 0.00000160. The van der Waals surface area contributed by atoms with Crippen LogP contribution in [0.15, 0.2) is 44.4 Å². The number of hydrogen-bond donors (Lipinski definition) is 0.